The summed E-state index contributed by atoms with van der Waals surface area (Å²) in [5.41, 5.74) is 5.02. The quantitative estimate of drug-likeness (QED) is 0.236. The second-order valence-corrected chi connectivity index (χ2v) is 14.8. The summed E-state index contributed by atoms with van der Waals surface area (Å²) in [7, 11) is 0. The SMILES string of the molecule is C[C@@H]1C[C@@H](C(=O)NC(CC2CCC2)C(=O)C(N)=O)N(C(=O)[C@@H](NC(=O)NC2(Cc3cccc(O)c3)CCCCC2)C(C)(C)C)C1. The molecule has 1 aromatic rings. The molecule has 248 valence electrons. The molecular weight excluding hydrogens is 574 g/mol. The van der Waals surface area contributed by atoms with Crippen LogP contribution in [0.2, 0.25) is 0 Å². The van der Waals surface area contributed by atoms with Gasteiger partial charge in [0.25, 0.3) is 5.91 Å². The number of nitrogens with two attached hydrogens (primary N) is 1. The predicted molar refractivity (Wildman–Crippen MR) is 170 cm³/mol. The second kappa shape index (κ2) is 14.2. The van der Waals surface area contributed by atoms with E-state index in [4.69, 9.17) is 5.73 Å². The van der Waals surface area contributed by atoms with Gasteiger partial charge in [-0.05, 0) is 67.1 Å². The molecule has 45 heavy (non-hydrogen) atoms. The minimum absolute atomic E-state index is 0.0175. The number of aromatic hydroxyl groups is 1. The van der Waals surface area contributed by atoms with Gasteiger partial charge in [0.05, 0.1) is 6.04 Å². The maximum absolute atomic E-state index is 14.2. The Labute approximate surface area is 266 Å². The van der Waals surface area contributed by atoms with Crippen molar-refractivity contribution in [2.75, 3.05) is 6.54 Å². The topological polar surface area (TPSA) is 171 Å². The normalized spacial score (nSPS) is 22.9. The van der Waals surface area contributed by atoms with Crippen molar-refractivity contribution in [2.45, 2.75) is 122 Å². The lowest BCUT2D eigenvalue weighted by atomic mass is 9.77. The third kappa shape index (κ3) is 8.76. The largest absolute Gasteiger partial charge is 0.508 e. The number of Topliss-reactive ketones (excluding diaryl/α,β-unsaturated/α-hetero) is 1. The zero-order chi connectivity index (χ0) is 32.9. The Morgan fingerprint density at radius 2 is 1.73 bits per heavy atom. The number of nitrogens with one attached hydrogen (secondary N) is 3. The van der Waals surface area contributed by atoms with E-state index in [1.165, 1.54) is 4.90 Å². The Bertz CT molecular complexity index is 1270. The van der Waals surface area contributed by atoms with E-state index < -0.39 is 52.7 Å². The molecule has 1 saturated heterocycles. The highest BCUT2D eigenvalue weighted by atomic mass is 16.3. The molecule has 1 aromatic carbocycles. The Balaban J connectivity index is 1.49. The number of carbonyl (C=O) groups excluding carboxylic acids is 5. The van der Waals surface area contributed by atoms with E-state index in [2.05, 4.69) is 16.0 Å². The molecule has 0 aromatic heterocycles. The first kappa shape index (κ1) is 34.2. The number of benzene rings is 1. The van der Waals surface area contributed by atoms with Crippen molar-refractivity contribution >= 4 is 29.5 Å². The van der Waals surface area contributed by atoms with Crippen LogP contribution in [0.5, 0.6) is 5.75 Å². The lowest BCUT2D eigenvalue weighted by molar-refractivity contribution is -0.143. The van der Waals surface area contributed by atoms with Crippen molar-refractivity contribution in [2.24, 2.45) is 23.0 Å². The summed E-state index contributed by atoms with van der Waals surface area (Å²) < 4.78 is 0. The monoisotopic (exact) mass is 625 g/mol. The smallest absolute Gasteiger partial charge is 0.315 e. The molecule has 1 unspecified atom stereocenters. The minimum atomic E-state index is -1.09. The molecule has 2 saturated carbocycles. The number of primary amides is 1. The molecule has 0 radical (unpaired) electrons. The van der Waals surface area contributed by atoms with E-state index in [0.29, 0.717) is 25.8 Å². The van der Waals surface area contributed by atoms with Gasteiger partial charge in [-0.3, -0.25) is 19.2 Å². The number of ketones is 1. The van der Waals surface area contributed by atoms with Crippen LogP contribution in [0, 0.1) is 17.3 Å². The van der Waals surface area contributed by atoms with Crippen LogP contribution in [-0.4, -0.2) is 69.8 Å². The van der Waals surface area contributed by atoms with Gasteiger partial charge in [-0.2, -0.15) is 0 Å². The van der Waals surface area contributed by atoms with Crippen molar-refractivity contribution in [3.05, 3.63) is 29.8 Å². The van der Waals surface area contributed by atoms with Crippen molar-refractivity contribution in [1.29, 1.82) is 0 Å². The standard InChI is InChI=1S/C34H51N5O6/c1-21-16-26(30(43)36-25(27(41)29(35)42)18-22-10-8-11-22)39(20-21)31(44)28(33(2,3)4)37-32(45)38-34(14-6-5-7-15-34)19-23-12-9-13-24(40)17-23/h9,12-13,17,21-22,25-26,28,40H,5-8,10-11,14-16,18-20H2,1-4H3,(H2,35,42)(H,36,43)(H2,37,38,45)/t21-,25?,26+,28-/m1/s1. The molecule has 1 heterocycles. The first-order valence-electron chi connectivity index (χ1n) is 16.5. The molecule has 2 aliphatic carbocycles. The summed E-state index contributed by atoms with van der Waals surface area (Å²) in [6.45, 7) is 7.88. The molecular formula is C34H51N5O6. The third-order valence-electron chi connectivity index (χ3n) is 9.80. The van der Waals surface area contributed by atoms with E-state index in [-0.39, 0.29) is 23.5 Å². The fourth-order valence-electron chi connectivity index (χ4n) is 7.13. The van der Waals surface area contributed by atoms with Crippen LogP contribution in [0.25, 0.3) is 0 Å². The fourth-order valence-corrected chi connectivity index (χ4v) is 7.13. The molecule has 4 atom stereocenters. The first-order chi connectivity index (χ1) is 21.2. The lowest BCUT2D eigenvalue weighted by Gasteiger charge is -2.40. The molecule has 11 heteroatoms. The zero-order valence-electron chi connectivity index (χ0n) is 27.2. The first-order valence-corrected chi connectivity index (χ1v) is 16.5. The summed E-state index contributed by atoms with van der Waals surface area (Å²) in [4.78, 5) is 67.3. The average molecular weight is 626 g/mol. The Morgan fingerprint density at radius 1 is 1.04 bits per heavy atom. The second-order valence-electron chi connectivity index (χ2n) is 14.8. The van der Waals surface area contributed by atoms with Crippen LogP contribution in [0.3, 0.4) is 0 Å². The van der Waals surface area contributed by atoms with E-state index >= 15 is 0 Å². The highest BCUT2D eigenvalue weighted by Gasteiger charge is 2.45. The van der Waals surface area contributed by atoms with Crippen molar-refractivity contribution in [1.82, 2.24) is 20.9 Å². The van der Waals surface area contributed by atoms with Crippen molar-refractivity contribution in [3.8, 4) is 5.75 Å². The maximum atomic E-state index is 14.2. The predicted octanol–water partition coefficient (Wildman–Crippen LogP) is 3.32. The number of nitrogens with zero attached hydrogens (tertiary/aromatic N) is 1. The lowest BCUT2D eigenvalue weighted by Crippen LogP contribution is -2.62. The number of carbonyl (C=O) groups is 5. The number of rotatable bonds is 11. The summed E-state index contributed by atoms with van der Waals surface area (Å²) in [5.74, 6) is -2.34. The molecule has 1 aliphatic heterocycles. The fraction of sp³-hybridized carbons (Fsp3) is 0.676. The van der Waals surface area contributed by atoms with Crippen LogP contribution in [0.15, 0.2) is 24.3 Å². The Hall–Kier alpha value is -3.63. The van der Waals surface area contributed by atoms with E-state index in [1.807, 2.05) is 33.8 Å². The van der Waals surface area contributed by atoms with E-state index in [1.54, 1.807) is 18.2 Å². The molecule has 0 spiro atoms. The average Bonchev–Trinajstić information content (AvgIpc) is 3.33. The van der Waals surface area contributed by atoms with Crippen LogP contribution < -0.4 is 21.7 Å². The van der Waals surface area contributed by atoms with Gasteiger partial charge in [-0.15, -0.1) is 0 Å². The zero-order valence-corrected chi connectivity index (χ0v) is 27.2. The van der Waals surface area contributed by atoms with E-state index in [9.17, 15) is 29.1 Å². The van der Waals surface area contributed by atoms with Crippen molar-refractivity contribution < 1.29 is 29.1 Å². The van der Waals surface area contributed by atoms with Crippen LogP contribution in [0.4, 0.5) is 4.79 Å². The number of phenols is 1. The summed E-state index contributed by atoms with van der Waals surface area (Å²) in [5, 5.41) is 18.9. The number of urea groups is 1. The molecule has 11 nitrogen and oxygen atoms in total. The number of amides is 5. The number of phenolic OH excluding ortho intramolecular Hbond substituents is 1. The summed E-state index contributed by atoms with van der Waals surface area (Å²) in [6.07, 6.45) is 8.77. The van der Waals surface area contributed by atoms with Gasteiger partial charge in [0, 0.05) is 12.1 Å². The highest BCUT2D eigenvalue weighted by Crippen LogP contribution is 2.34. The minimum Gasteiger partial charge on any atom is -0.508 e. The summed E-state index contributed by atoms with van der Waals surface area (Å²) >= 11 is 0. The molecule has 5 amide bonds. The number of hydrogen-bond donors (Lipinski definition) is 5. The molecule has 3 aliphatic rings. The van der Waals surface area contributed by atoms with E-state index in [0.717, 1.165) is 56.9 Å². The number of hydrogen-bond acceptors (Lipinski definition) is 6. The van der Waals surface area contributed by atoms with Gasteiger partial charge in [0.15, 0.2) is 0 Å². The van der Waals surface area contributed by atoms with Gasteiger partial charge in [0.1, 0.15) is 17.8 Å². The van der Waals surface area contributed by atoms with Crippen LogP contribution in [-0.2, 0) is 25.6 Å². The van der Waals surface area contributed by atoms with Gasteiger partial charge >= 0.3 is 6.03 Å². The maximum Gasteiger partial charge on any atom is 0.315 e. The number of likely N-dealkylation sites (tertiary alicyclic amines) is 1. The van der Waals surface area contributed by atoms with Gasteiger partial charge < -0.3 is 31.7 Å². The third-order valence-corrected chi connectivity index (χ3v) is 9.80. The Morgan fingerprint density at radius 3 is 2.31 bits per heavy atom. The van der Waals surface area contributed by atoms with Crippen LogP contribution >= 0.6 is 0 Å². The van der Waals surface area contributed by atoms with Gasteiger partial charge in [-0.25, -0.2) is 4.79 Å². The molecule has 3 fully saturated rings. The molecule has 6 N–H and O–H groups in total. The summed E-state index contributed by atoms with van der Waals surface area (Å²) in [6, 6.07) is 3.81. The Kier molecular flexibility index (Phi) is 10.8. The molecule has 0 bridgehead atoms. The molecule has 4 rings (SSSR count). The van der Waals surface area contributed by atoms with Gasteiger partial charge in [-0.1, -0.05) is 78.4 Å². The van der Waals surface area contributed by atoms with Gasteiger partial charge in [0.2, 0.25) is 17.6 Å². The van der Waals surface area contributed by atoms with Crippen LogP contribution in [0.1, 0.15) is 97.5 Å². The highest BCUT2D eigenvalue weighted by molar-refractivity contribution is 6.37. The van der Waals surface area contributed by atoms with Crippen molar-refractivity contribution in [3.63, 3.8) is 0 Å².